The molecule has 0 unspecified atom stereocenters. The van der Waals surface area contributed by atoms with Gasteiger partial charge in [-0.1, -0.05) is 42.5 Å². The van der Waals surface area contributed by atoms with Gasteiger partial charge >= 0.3 is 6.18 Å². The number of para-hydroxylation sites is 2. The molecule has 2 heterocycles. The second kappa shape index (κ2) is 6.27. The molecular formula is C24H17F3N2. The Morgan fingerprint density at radius 1 is 0.655 bits per heavy atom. The number of rotatable bonds is 2. The molecule has 0 saturated heterocycles. The minimum absolute atomic E-state index is 0.208. The van der Waals surface area contributed by atoms with E-state index in [-0.39, 0.29) is 5.56 Å². The quantitative estimate of drug-likeness (QED) is 0.317. The summed E-state index contributed by atoms with van der Waals surface area (Å²) in [4.78, 5) is 6.31. The van der Waals surface area contributed by atoms with E-state index in [1.807, 2.05) is 55.5 Å². The van der Waals surface area contributed by atoms with Crippen molar-refractivity contribution in [1.82, 2.24) is 9.97 Å². The maximum atomic E-state index is 14.1. The Hall–Kier alpha value is -3.47. The number of hydrogen-bond donors (Lipinski definition) is 2. The molecule has 5 heteroatoms. The third-order valence-corrected chi connectivity index (χ3v) is 5.44. The highest BCUT2D eigenvalue weighted by Crippen LogP contribution is 2.47. The predicted molar refractivity (Wildman–Crippen MR) is 111 cm³/mol. The molecule has 0 spiro atoms. The number of hydrogen-bond acceptors (Lipinski definition) is 0. The highest BCUT2D eigenvalue weighted by molar-refractivity contribution is 6.06. The van der Waals surface area contributed by atoms with Gasteiger partial charge in [-0.15, -0.1) is 0 Å². The van der Waals surface area contributed by atoms with E-state index in [2.05, 4.69) is 9.97 Å². The highest BCUT2D eigenvalue weighted by Gasteiger charge is 2.36. The Bertz CT molecular complexity index is 1360. The molecule has 0 amide bonds. The van der Waals surface area contributed by atoms with E-state index in [4.69, 9.17) is 0 Å². The summed E-state index contributed by atoms with van der Waals surface area (Å²) in [7, 11) is 0. The smallest absolute Gasteiger partial charge is 0.361 e. The summed E-state index contributed by atoms with van der Waals surface area (Å²) in [6.07, 6.45) is -0.999. The lowest BCUT2D eigenvalue weighted by molar-refractivity contribution is -0.137. The number of aromatic nitrogens is 2. The third-order valence-electron chi connectivity index (χ3n) is 5.44. The molecule has 5 rings (SSSR count). The van der Waals surface area contributed by atoms with Crippen molar-refractivity contribution in [3.63, 3.8) is 0 Å². The lowest BCUT2D eigenvalue weighted by Crippen LogP contribution is -2.08. The van der Waals surface area contributed by atoms with Gasteiger partial charge in [-0.2, -0.15) is 13.2 Å². The van der Waals surface area contributed by atoms with Gasteiger partial charge in [0.05, 0.1) is 5.56 Å². The fourth-order valence-corrected chi connectivity index (χ4v) is 4.13. The Kier molecular flexibility index (Phi) is 3.81. The second-order valence-electron chi connectivity index (χ2n) is 7.17. The summed E-state index contributed by atoms with van der Waals surface area (Å²) in [5.41, 5.74) is 3.99. The fourth-order valence-electron chi connectivity index (χ4n) is 4.13. The van der Waals surface area contributed by atoms with Crippen molar-refractivity contribution >= 4 is 21.8 Å². The number of nitrogens with one attached hydrogen (secondary N) is 2. The van der Waals surface area contributed by atoms with E-state index < -0.39 is 11.7 Å². The lowest BCUT2D eigenvalue weighted by atomic mass is 9.87. The van der Waals surface area contributed by atoms with Gasteiger partial charge in [-0.05, 0) is 36.2 Å². The number of aromatic amines is 2. The topological polar surface area (TPSA) is 31.6 Å². The van der Waals surface area contributed by atoms with Crippen LogP contribution in [0.15, 0.2) is 73.1 Å². The number of H-pyrrole nitrogens is 2. The molecule has 0 fully saturated rings. The van der Waals surface area contributed by atoms with Gasteiger partial charge in [0.2, 0.25) is 0 Å². The minimum atomic E-state index is -4.47. The Balaban J connectivity index is 1.93. The van der Waals surface area contributed by atoms with Crippen LogP contribution in [0.5, 0.6) is 0 Å². The molecule has 0 saturated carbocycles. The molecule has 2 aromatic heterocycles. The maximum absolute atomic E-state index is 14.1. The zero-order valence-corrected chi connectivity index (χ0v) is 15.6. The Labute approximate surface area is 165 Å². The number of halogens is 3. The van der Waals surface area contributed by atoms with Crippen LogP contribution < -0.4 is 0 Å². The third kappa shape index (κ3) is 2.73. The van der Waals surface area contributed by atoms with Crippen molar-refractivity contribution in [2.24, 2.45) is 0 Å². The van der Waals surface area contributed by atoms with Crippen LogP contribution in [-0.2, 0) is 6.18 Å². The molecule has 5 aromatic rings. The van der Waals surface area contributed by atoms with Gasteiger partial charge in [0.1, 0.15) is 0 Å². The summed E-state index contributed by atoms with van der Waals surface area (Å²) in [5.74, 6) is 0. The number of alkyl halides is 3. The van der Waals surface area contributed by atoms with Gasteiger partial charge in [-0.3, -0.25) is 0 Å². The molecule has 0 aliphatic carbocycles. The van der Waals surface area contributed by atoms with Gasteiger partial charge in [-0.25, -0.2) is 0 Å². The molecule has 0 aliphatic rings. The van der Waals surface area contributed by atoms with E-state index in [1.54, 1.807) is 18.5 Å². The maximum Gasteiger partial charge on any atom is 0.417 e. The molecular weight excluding hydrogens is 373 g/mol. The monoisotopic (exact) mass is 390 g/mol. The first-order chi connectivity index (χ1) is 13.9. The van der Waals surface area contributed by atoms with Crippen molar-refractivity contribution in [2.75, 3.05) is 0 Å². The fraction of sp³-hybridized carbons (Fsp3) is 0.0833. The van der Waals surface area contributed by atoms with Crippen LogP contribution in [-0.4, -0.2) is 9.97 Å². The van der Waals surface area contributed by atoms with Gasteiger partial charge in [0.15, 0.2) is 0 Å². The summed E-state index contributed by atoms with van der Waals surface area (Å²) < 4.78 is 42.3. The molecule has 2 nitrogen and oxygen atoms in total. The molecule has 3 aromatic carbocycles. The van der Waals surface area contributed by atoms with E-state index >= 15 is 0 Å². The first kappa shape index (κ1) is 17.6. The van der Waals surface area contributed by atoms with Crippen molar-refractivity contribution in [2.45, 2.75) is 13.1 Å². The first-order valence-corrected chi connectivity index (χ1v) is 9.29. The average molecular weight is 390 g/mol. The van der Waals surface area contributed by atoms with Gasteiger partial charge in [0, 0.05) is 50.9 Å². The second-order valence-corrected chi connectivity index (χ2v) is 7.17. The Morgan fingerprint density at radius 2 is 1.17 bits per heavy atom. The van der Waals surface area contributed by atoms with Gasteiger partial charge in [0.25, 0.3) is 0 Å². The van der Waals surface area contributed by atoms with Crippen LogP contribution in [0.1, 0.15) is 11.1 Å². The predicted octanol–water partition coefficient (Wildman–Crippen LogP) is 7.31. The molecule has 144 valence electrons. The SMILES string of the molecule is Cc1ccc(C(F)(F)F)c(-c2c[nH]c3ccccc23)c1-c1c[nH]c2ccccc12. The highest BCUT2D eigenvalue weighted by atomic mass is 19.4. The first-order valence-electron chi connectivity index (χ1n) is 9.29. The molecule has 0 aliphatic heterocycles. The van der Waals surface area contributed by atoms with E-state index in [1.165, 1.54) is 6.07 Å². The van der Waals surface area contributed by atoms with Crippen molar-refractivity contribution in [1.29, 1.82) is 0 Å². The van der Waals surface area contributed by atoms with Crippen LogP contribution in [0.4, 0.5) is 13.2 Å². The van der Waals surface area contributed by atoms with Crippen LogP contribution in [0.3, 0.4) is 0 Å². The van der Waals surface area contributed by atoms with E-state index in [9.17, 15) is 13.2 Å². The summed E-state index contributed by atoms with van der Waals surface area (Å²) in [6, 6.07) is 17.8. The lowest BCUT2D eigenvalue weighted by Gasteiger charge is -2.19. The number of benzene rings is 3. The zero-order chi connectivity index (χ0) is 20.2. The summed E-state index contributed by atoms with van der Waals surface area (Å²) in [5, 5.41) is 1.67. The van der Waals surface area contributed by atoms with Crippen molar-refractivity contribution in [3.8, 4) is 22.3 Å². The average Bonchev–Trinajstić information content (AvgIpc) is 3.31. The van der Waals surface area contributed by atoms with Crippen molar-refractivity contribution in [3.05, 3.63) is 84.2 Å². The standard InChI is InChI=1S/C24H17F3N2/c1-14-10-11-19(24(25,26)27)23(18-13-29-21-9-5-3-7-16(18)21)22(14)17-12-28-20-8-4-2-6-15(17)20/h2-13,28-29H,1H3. The molecule has 0 atom stereocenters. The number of fused-ring (bicyclic) bond motifs is 2. The summed E-state index contributed by atoms with van der Waals surface area (Å²) >= 11 is 0. The molecule has 0 bridgehead atoms. The molecule has 2 N–H and O–H groups in total. The Morgan fingerprint density at radius 3 is 1.72 bits per heavy atom. The normalized spacial score (nSPS) is 12.1. The number of aryl methyl sites for hydroxylation is 1. The van der Waals surface area contributed by atoms with Crippen LogP contribution in [0.2, 0.25) is 0 Å². The zero-order valence-electron chi connectivity index (χ0n) is 15.6. The van der Waals surface area contributed by atoms with E-state index in [0.717, 1.165) is 32.9 Å². The van der Waals surface area contributed by atoms with Crippen LogP contribution >= 0.6 is 0 Å². The largest absolute Gasteiger partial charge is 0.417 e. The molecule has 0 radical (unpaired) electrons. The van der Waals surface area contributed by atoms with E-state index in [0.29, 0.717) is 11.1 Å². The molecule has 29 heavy (non-hydrogen) atoms. The van der Waals surface area contributed by atoms with Crippen LogP contribution in [0.25, 0.3) is 44.1 Å². The van der Waals surface area contributed by atoms with Gasteiger partial charge < -0.3 is 9.97 Å². The summed E-state index contributed by atoms with van der Waals surface area (Å²) in [6.45, 7) is 1.86. The van der Waals surface area contributed by atoms with Crippen LogP contribution in [0, 0.1) is 6.92 Å². The van der Waals surface area contributed by atoms with Crippen molar-refractivity contribution < 1.29 is 13.2 Å². The minimum Gasteiger partial charge on any atom is -0.361 e.